The van der Waals surface area contributed by atoms with Gasteiger partial charge >= 0.3 is 6.09 Å². The number of nitrogens with zero attached hydrogens (tertiary/aromatic N) is 7. The number of rotatable bonds is 4. The van der Waals surface area contributed by atoms with Crippen LogP contribution in [0.2, 0.25) is 0 Å². The minimum atomic E-state index is -0.467. The fourth-order valence-electron chi connectivity index (χ4n) is 5.33. The number of aromatic nitrogens is 6. The summed E-state index contributed by atoms with van der Waals surface area (Å²) in [4.78, 5) is 23.6. The maximum Gasteiger partial charge on any atom is 0.410 e. The summed E-state index contributed by atoms with van der Waals surface area (Å²) in [5.74, 6) is 0.784. The van der Waals surface area contributed by atoms with Gasteiger partial charge in [-0.25, -0.2) is 23.8 Å². The predicted octanol–water partition coefficient (Wildman–Crippen LogP) is 5.48. The van der Waals surface area contributed by atoms with Crippen molar-refractivity contribution in [2.75, 3.05) is 38.7 Å². The van der Waals surface area contributed by atoms with Crippen molar-refractivity contribution in [3.05, 3.63) is 48.0 Å². The lowest BCUT2D eigenvalue weighted by molar-refractivity contribution is 0.0197. The highest BCUT2D eigenvalue weighted by Crippen LogP contribution is 2.30. The van der Waals surface area contributed by atoms with Crippen LogP contribution in [0.1, 0.15) is 69.7 Å². The van der Waals surface area contributed by atoms with Gasteiger partial charge in [0.25, 0.3) is 0 Å². The smallest absolute Gasteiger partial charge is 0.410 e. The van der Waals surface area contributed by atoms with Gasteiger partial charge in [0, 0.05) is 49.3 Å². The van der Waals surface area contributed by atoms with Gasteiger partial charge in [-0.05, 0) is 77.6 Å². The second kappa shape index (κ2) is 13.0. The molecule has 2 atom stereocenters. The van der Waals surface area contributed by atoms with Crippen LogP contribution < -0.4 is 5.32 Å². The van der Waals surface area contributed by atoms with Gasteiger partial charge in [0.15, 0.2) is 11.3 Å². The Morgan fingerprint density at radius 2 is 1.51 bits per heavy atom. The van der Waals surface area contributed by atoms with Crippen molar-refractivity contribution in [1.82, 2.24) is 39.4 Å². The lowest BCUT2D eigenvalue weighted by Gasteiger charge is -2.34. The van der Waals surface area contributed by atoms with Gasteiger partial charge in [-0.3, -0.25) is 0 Å². The van der Waals surface area contributed by atoms with Crippen molar-refractivity contribution in [3.8, 4) is 0 Å². The average Bonchev–Trinajstić information content (AvgIpc) is 3.66. The maximum absolute atomic E-state index is 12.3. The number of amides is 1. The Hall–Kier alpha value is -2.83. The van der Waals surface area contributed by atoms with Gasteiger partial charge in [-0.1, -0.05) is 0 Å². The largest absolute Gasteiger partial charge is 0.444 e. The Balaban J connectivity index is 0.000000174. The van der Waals surface area contributed by atoms with Crippen molar-refractivity contribution in [2.24, 2.45) is 0 Å². The highest BCUT2D eigenvalue weighted by atomic mass is 32.2. The van der Waals surface area contributed by atoms with E-state index in [4.69, 9.17) is 14.7 Å². The Bertz CT molecular complexity index is 1470. The van der Waals surface area contributed by atoms with E-state index in [0.717, 1.165) is 54.5 Å². The molecule has 220 valence electrons. The fraction of sp³-hybridized carbons (Fsp3) is 0.552. The van der Waals surface area contributed by atoms with Gasteiger partial charge in [-0.15, -0.1) is 23.5 Å². The first kappa shape index (κ1) is 29.7. The quantitative estimate of drug-likeness (QED) is 0.242. The standard InChI is InChI=1S/C17H24N4O2S.C12H16N4S/c1-17(2,3)23-16(22)20-9-5-6-12(11-20)13-10-15(24-4)21-14(19-13)7-8-18-21;1-17-12-7-10(9-3-2-5-13-8-9)15-11-4-6-14-16(11)12/h7-8,10,12H,5-6,9,11H2,1-4H3;4,6-7,9,13H,2-3,5,8H2,1H3. The van der Waals surface area contributed by atoms with Crippen molar-refractivity contribution in [2.45, 2.75) is 73.9 Å². The minimum absolute atomic E-state index is 0.233. The number of thioether (sulfide) groups is 2. The highest BCUT2D eigenvalue weighted by Gasteiger charge is 2.29. The SMILES string of the molecule is CSc1cc(C2CCCN(C(=O)OC(C)(C)C)C2)nc2ccnn12.CSc1cc(C2CCCNC2)nc2ccnn12. The minimum Gasteiger partial charge on any atom is -0.444 e. The first-order valence-electron chi connectivity index (χ1n) is 14.2. The summed E-state index contributed by atoms with van der Waals surface area (Å²) in [7, 11) is 0. The molecule has 6 heterocycles. The number of carbonyl (C=O) groups excluding carboxylic acids is 1. The Morgan fingerprint density at radius 1 is 0.927 bits per heavy atom. The van der Waals surface area contributed by atoms with Crippen LogP contribution in [-0.4, -0.2) is 84.5 Å². The summed E-state index contributed by atoms with van der Waals surface area (Å²) in [5.41, 5.74) is 3.57. The summed E-state index contributed by atoms with van der Waals surface area (Å²) < 4.78 is 9.27. The molecule has 1 amide bonds. The Kier molecular flexibility index (Phi) is 9.40. The number of nitrogens with one attached hydrogen (secondary N) is 1. The zero-order chi connectivity index (χ0) is 29.0. The van der Waals surface area contributed by atoms with E-state index in [1.54, 1.807) is 34.6 Å². The molecule has 4 aromatic heterocycles. The maximum atomic E-state index is 12.3. The monoisotopic (exact) mass is 596 g/mol. The van der Waals surface area contributed by atoms with E-state index >= 15 is 0 Å². The van der Waals surface area contributed by atoms with Gasteiger partial charge in [0.05, 0.1) is 18.1 Å². The molecule has 0 saturated carbocycles. The summed E-state index contributed by atoms with van der Waals surface area (Å²) in [6, 6.07) is 8.16. The van der Waals surface area contributed by atoms with Crippen molar-refractivity contribution in [3.63, 3.8) is 0 Å². The van der Waals surface area contributed by atoms with E-state index < -0.39 is 5.60 Å². The van der Waals surface area contributed by atoms with Crippen LogP contribution in [0.15, 0.2) is 46.7 Å². The zero-order valence-electron chi connectivity index (χ0n) is 24.5. The van der Waals surface area contributed by atoms with Gasteiger partial charge in [-0.2, -0.15) is 10.2 Å². The number of piperidine rings is 2. The predicted molar refractivity (Wildman–Crippen MR) is 164 cm³/mol. The molecule has 1 N–H and O–H groups in total. The average molecular weight is 597 g/mol. The van der Waals surface area contributed by atoms with E-state index in [1.807, 2.05) is 54.4 Å². The van der Waals surface area contributed by atoms with E-state index in [1.165, 1.54) is 23.6 Å². The molecule has 0 bridgehead atoms. The molecule has 0 aliphatic carbocycles. The molecular weight excluding hydrogens is 557 g/mol. The fourth-order valence-corrected chi connectivity index (χ4v) is 6.43. The summed E-state index contributed by atoms with van der Waals surface area (Å²) in [6.07, 6.45) is 11.9. The molecule has 6 rings (SSSR count). The van der Waals surface area contributed by atoms with Crippen LogP contribution in [0.25, 0.3) is 11.3 Å². The normalized spacial score (nSPS) is 19.7. The van der Waals surface area contributed by atoms with E-state index in [2.05, 4.69) is 33.9 Å². The lowest BCUT2D eigenvalue weighted by Crippen LogP contribution is -2.42. The molecule has 0 radical (unpaired) electrons. The van der Waals surface area contributed by atoms with Crippen LogP contribution in [0, 0.1) is 0 Å². The van der Waals surface area contributed by atoms with Crippen LogP contribution in [0.5, 0.6) is 0 Å². The second-order valence-corrected chi connectivity index (χ2v) is 13.1. The molecular formula is C29H40N8O2S2. The molecule has 2 aliphatic heterocycles. The van der Waals surface area contributed by atoms with E-state index in [9.17, 15) is 4.79 Å². The number of hydrogen-bond donors (Lipinski definition) is 1. The van der Waals surface area contributed by atoms with Crippen LogP contribution in [0.4, 0.5) is 4.79 Å². The van der Waals surface area contributed by atoms with Crippen molar-refractivity contribution in [1.29, 1.82) is 0 Å². The van der Waals surface area contributed by atoms with Crippen LogP contribution in [0.3, 0.4) is 0 Å². The van der Waals surface area contributed by atoms with Gasteiger partial charge in [0.1, 0.15) is 15.7 Å². The molecule has 0 aromatic carbocycles. The van der Waals surface area contributed by atoms with Crippen LogP contribution >= 0.6 is 23.5 Å². The van der Waals surface area contributed by atoms with Crippen molar-refractivity contribution < 1.29 is 9.53 Å². The molecule has 0 spiro atoms. The molecule has 2 unspecified atom stereocenters. The molecule has 4 aromatic rings. The van der Waals surface area contributed by atoms with E-state index in [-0.39, 0.29) is 12.0 Å². The third-order valence-electron chi connectivity index (χ3n) is 7.32. The molecule has 2 saturated heterocycles. The third-order valence-corrected chi connectivity index (χ3v) is 8.74. The Morgan fingerprint density at radius 3 is 2.05 bits per heavy atom. The highest BCUT2D eigenvalue weighted by molar-refractivity contribution is 7.98. The summed E-state index contributed by atoms with van der Waals surface area (Å²) in [5, 5.41) is 14.3. The summed E-state index contributed by atoms with van der Waals surface area (Å²) >= 11 is 3.37. The molecule has 2 fully saturated rings. The lowest BCUT2D eigenvalue weighted by atomic mass is 9.95. The molecule has 10 nitrogen and oxygen atoms in total. The van der Waals surface area contributed by atoms with Crippen LogP contribution in [-0.2, 0) is 4.74 Å². The van der Waals surface area contributed by atoms with Crippen molar-refractivity contribution >= 4 is 40.9 Å². The molecule has 12 heteroatoms. The summed E-state index contributed by atoms with van der Waals surface area (Å²) in [6.45, 7) is 9.27. The van der Waals surface area contributed by atoms with E-state index in [0.29, 0.717) is 12.5 Å². The number of carbonyl (C=O) groups is 1. The third kappa shape index (κ3) is 7.15. The van der Waals surface area contributed by atoms with Gasteiger partial charge in [0.2, 0.25) is 0 Å². The second-order valence-electron chi connectivity index (χ2n) is 11.5. The zero-order valence-corrected chi connectivity index (χ0v) is 26.2. The first-order valence-corrected chi connectivity index (χ1v) is 16.7. The molecule has 2 aliphatic rings. The first-order chi connectivity index (χ1) is 19.8. The molecule has 41 heavy (non-hydrogen) atoms. The number of fused-ring (bicyclic) bond motifs is 2. The number of likely N-dealkylation sites (tertiary alicyclic amines) is 1. The topological polar surface area (TPSA) is 102 Å². The Labute approximate surface area is 250 Å². The van der Waals surface area contributed by atoms with Gasteiger partial charge < -0.3 is 15.0 Å². The number of hydrogen-bond acceptors (Lipinski definition) is 9. The number of ether oxygens (including phenoxy) is 1.